The van der Waals surface area contributed by atoms with E-state index in [4.69, 9.17) is 4.18 Å². The molecule has 0 aliphatic rings. The summed E-state index contributed by atoms with van der Waals surface area (Å²) in [5.74, 6) is 0. The normalized spacial score (nSPS) is 10.7. The van der Waals surface area contributed by atoms with Crippen LogP contribution in [0.2, 0.25) is 0 Å². The number of rotatable bonds is 5. The van der Waals surface area contributed by atoms with Crippen LogP contribution < -0.4 is 0 Å². The summed E-state index contributed by atoms with van der Waals surface area (Å²) in [5.41, 5.74) is 0. The average molecular weight is 254 g/mol. The Morgan fingerprint density at radius 2 is 1.80 bits per heavy atom. The first kappa shape index (κ1) is 15.8. The van der Waals surface area contributed by atoms with Crippen LogP contribution in [0.15, 0.2) is 35.2 Å². The van der Waals surface area contributed by atoms with E-state index in [1.165, 1.54) is 12.1 Å². The molecule has 0 aliphatic carbocycles. The van der Waals surface area contributed by atoms with Gasteiger partial charge in [0.05, 0.1) is 11.5 Å². The second-order valence-electron chi connectivity index (χ2n) is 2.94. The molecule has 0 N–H and O–H groups in total. The molecular formula is C10H15KO3S. The standard InChI is InChI=1S/C10H14O3S.K.H/c1-2-3-9-13-14(11,12)10-7-5-4-6-8-10;;/h4-8H,2-3,9H2,1H3;;. The molecule has 0 spiro atoms. The van der Waals surface area contributed by atoms with E-state index in [-0.39, 0.29) is 62.9 Å². The second kappa shape index (κ2) is 7.95. The number of unbranched alkanes of at least 4 members (excludes halogenated alkanes) is 1. The molecule has 0 saturated carbocycles. The van der Waals surface area contributed by atoms with Crippen molar-refractivity contribution in [2.75, 3.05) is 6.61 Å². The molecule has 0 unspecified atom stereocenters. The van der Waals surface area contributed by atoms with Crippen molar-refractivity contribution < 1.29 is 12.6 Å². The van der Waals surface area contributed by atoms with Gasteiger partial charge < -0.3 is 0 Å². The first-order valence-corrected chi connectivity index (χ1v) is 6.02. The van der Waals surface area contributed by atoms with Crippen LogP contribution in [-0.4, -0.2) is 66.4 Å². The Labute approximate surface area is 134 Å². The fourth-order valence-corrected chi connectivity index (χ4v) is 1.93. The van der Waals surface area contributed by atoms with Crippen molar-refractivity contribution in [3.63, 3.8) is 0 Å². The van der Waals surface area contributed by atoms with Crippen molar-refractivity contribution in [3.8, 4) is 0 Å². The Balaban J connectivity index is 0.00000196. The van der Waals surface area contributed by atoms with Gasteiger partial charge in [-0.1, -0.05) is 31.5 Å². The molecule has 0 heterocycles. The van der Waals surface area contributed by atoms with Gasteiger partial charge in [-0.05, 0) is 18.6 Å². The maximum atomic E-state index is 11.5. The van der Waals surface area contributed by atoms with E-state index in [1.807, 2.05) is 6.92 Å². The average Bonchev–Trinajstić information content (AvgIpc) is 2.19. The Kier molecular flexibility index (Phi) is 8.35. The Hall–Kier alpha value is 0.766. The van der Waals surface area contributed by atoms with Gasteiger partial charge in [0.25, 0.3) is 10.1 Å². The van der Waals surface area contributed by atoms with Crippen LogP contribution in [0.25, 0.3) is 0 Å². The zero-order valence-corrected chi connectivity index (χ0v) is 8.96. The summed E-state index contributed by atoms with van der Waals surface area (Å²) in [5, 5.41) is 0. The van der Waals surface area contributed by atoms with Crippen LogP contribution in [-0.2, 0) is 14.3 Å². The molecule has 0 fully saturated rings. The van der Waals surface area contributed by atoms with Crippen LogP contribution in [0.1, 0.15) is 19.8 Å². The molecule has 15 heavy (non-hydrogen) atoms. The van der Waals surface area contributed by atoms with Gasteiger partial charge in [-0.2, -0.15) is 8.42 Å². The third-order valence-electron chi connectivity index (χ3n) is 1.77. The molecule has 80 valence electrons. The predicted octanol–water partition coefficient (Wildman–Crippen LogP) is 1.54. The molecule has 1 aromatic carbocycles. The fourth-order valence-electron chi connectivity index (χ4n) is 0.968. The predicted molar refractivity (Wildman–Crippen MR) is 61.6 cm³/mol. The van der Waals surface area contributed by atoms with E-state index < -0.39 is 10.1 Å². The third kappa shape index (κ3) is 5.58. The van der Waals surface area contributed by atoms with Gasteiger partial charge in [0.1, 0.15) is 0 Å². The molecule has 0 radical (unpaired) electrons. The van der Waals surface area contributed by atoms with Gasteiger partial charge in [-0.25, -0.2) is 0 Å². The minimum atomic E-state index is -3.53. The van der Waals surface area contributed by atoms with Crippen LogP contribution >= 0.6 is 0 Å². The first-order chi connectivity index (χ1) is 6.67. The molecule has 1 rings (SSSR count). The summed E-state index contributed by atoms with van der Waals surface area (Å²) >= 11 is 0. The molecule has 3 nitrogen and oxygen atoms in total. The summed E-state index contributed by atoms with van der Waals surface area (Å²) in [6, 6.07) is 8.18. The van der Waals surface area contributed by atoms with E-state index in [0.29, 0.717) is 0 Å². The van der Waals surface area contributed by atoms with Crippen molar-refractivity contribution in [2.45, 2.75) is 24.7 Å². The van der Waals surface area contributed by atoms with Gasteiger partial charge in [0, 0.05) is 0 Å². The number of hydrogen-bond donors (Lipinski definition) is 0. The zero-order chi connectivity index (χ0) is 10.4. The Morgan fingerprint density at radius 3 is 2.33 bits per heavy atom. The van der Waals surface area contributed by atoms with E-state index in [2.05, 4.69) is 0 Å². The molecule has 0 saturated heterocycles. The summed E-state index contributed by atoms with van der Waals surface area (Å²) in [7, 11) is -3.53. The molecule has 0 atom stereocenters. The summed E-state index contributed by atoms with van der Waals surface area (Å²) in [4.78, 5) is 0.219. The summed E-state index contributed by atoms with van der Waals surface area (Å²) < 4.78 is 27.8. The van der Waals surface area contributed by atoms with Gasteiger partial charge in [-0.3, -0.25) is 4.18 Å². The van der Waals surface area contributed by atoms with Crippen LogP contribution in [0.5, 0.6) is 0 Å². The van der Waals surface area contributed by atoms with E-state index in [1.54, 1.807) is 18.2 Å². The van der Waals surface area contributed by atoms with Crippen LogP contribution in [0.3, 0.4) is 0 Å². The second-order valence-corrected chi connectivity index (χ2v) is 4.56. The van der Waals surface area contributed by atoms with Crippen molar-refractivity contribution >= 4 is 61.5 Å². The van der Waals surface area contributed by atoms with Gasteiger partial charge >= 0.3 is 51.4 Å². The maximum absolute atomic E-state index is 11.5. The molecule has 0 aromatic heterocycles. The van der Waals surface area contributed by atoms with Gasteiger partial charge in [0.15, 0.2) is 0 Å². The molecule has 1 aromatic rings. The van der Waals surface area contributed by atoms with Crippen molar-refractivity contribution in [1.82, 2.24) is 0 Å². The molecular weight excluding hydrogens is 239 g/mol. The van der Waals surface area contributed by atoms with Crippen LogP contribution in [0, 0.1) is 0 Å². The van der Waals surface area contributed by atoms with E-state index >= 15 is 0 Å². The van der Waals surface area contributed by atoms with E-state index in [9.17, 15) is 8.42 Å². The molecule has 0 amide bonds. The number of benzene rings is 1. The summed E-state index contributed by atoms with van der Waals surface area (Å²) in [6.07, 6.45) is 1.68. The van der Waals surface area contributed by atoms with Crippen molar-refractivity contribution in [2.24, 2.45) is 0 Å². The van der Waals surface area contributed by atoms with Gasteiger partial charge in [0.2, 0.25) is 0 Å². The SMILES string of the molecule is CCCCOS(=O)(=O)c1ccccc1.[KH]. The monoisotopic (exact) mass is 254 g/mol. The summed E-state index contributed by atoms with van der Waals surface area (Å²) in [6.45, 7) is 2.24. The van der Waals surface area contributed by atoms with Crippen molar-refractivity contribution in [1.29, 1.82) is 0 Å². The molecule has 0 aliphatic heterocycles. The van der Waals surface area contributed by atoms with Crippen LogP contribution in [0.4, 0.5) is 0 Å². The first-order valence-electron chi connectivity index (χ1n) is 4.61. The number of hydrogen-bond acceptors (Lipinski definition) is 3. The zero-order valence-electron chi connectivity index (χ0n) is 8.14. The molecule has 5 heteroatoms. The Bertz CT molecular complexity index is 362. The quantitative estimate of drug-likeness (QED) is 0.455. The fraction of sp³-hybridized carbons (Fsp3) is 0.400. The topological polar surface area (TPSA) is 43.4 Å². The van der Waals surface area contributed by atoms with E-state index in [0.717, 1.165) is 12.8 Å². The Morgan fingerprint density at radius 1 is 1.20 bits per heavy atom. The third-order valence-corrected chi connectivity index (χ3v) is 3.09. The molecule has 0 bridgehead atoms. The van der Waals surface area contributed by atoms with Gasteiger partial charge in [-0.15, -0.1) is 0 Å². The minimum absolute atomic E-state index is 0. The van der Waals surface area contributed by atoms with Crippen molar-refractivity contribution in [3.05, 3.63) is 30.3 Å².